The Kier molecular flexibility index (Phi) is 9.35. The molecule has 0 atom stereocenters. The van der Waals surface area contributed by atoms with E-state index in [0.717, 1.165) is 31.2 Å². The van der Waals surface area contributed by atoms with Gasteiger partial charge >= 0.3 is 5.97 Å². The van der Waals surface area contributed by atoms with Gasteiger partial charge in [-0.15, -0.1) is 0 Å². The Morgan fingerprint density at radius 1 is 1.00 bits per heavy atom. The number of hydrogen-bond acceptors (Lipinski definition) is 7. The van der Waals surface area contributed by atoms with E-state index in [1.165, 1.54) is 11.4 Å². The monoisotopic (exact) mass is 533 g/mol. The highest BCUT2D eigenvalue weighted by atomic mass is 16.5. The van der Waals surface area contributed by atoms with E-state index in [0.29, 0.717) is 40.6 Å². The van der Waals surface area contributed by atoms with Gasteiger partial charge in [-0.25, -0.2) is 4.79 Å². The molecule has 0 spiro atoms. The highest BCUT2D eigenvalue weighted by Crippen LogP contribution is 2.31. The Hall–Kier alpha value is -4.14. The van der Waals surface area contributed by atoms with Crippen LogP contribution in [0.3, 0.4) is 0 Å². The van der Waals surface area contributed by atoms with E-state index in [1.807, 2.05) is 6.92 Å². The van der Waals surface area contributed by atoms with Crippen LogP contribution < -0.4 is 19.8 Å². The van der Waals surface area contributed by atoms with Crippen molar-refractivity contribution in [2.75, 3.05) is 24.8 Å². The summed E-state index contributed by atoms with van der Waals surface area (Å²) in [6.45, 7) is 5.99. The first-order valence-electron chi connectivity index (χ1n) is 13.5. The zero-order valence-corrected chi connectivity index (χ0v) is 22.7. The maximum Gasteiger partial charge on any atom is 0.338 e. The molecule has 4 rings (SSSR count). The molecule has 1 N–H and O–H groups in total. The second kappa shape index (κ2) is 13.1. The summed E-state index contributed by atoms with van der Waals surface area (Å²) in [7, 11) is 0. The van der Waals surface area contributed by atoms with Gasteiger partial charge in [0, 0.05) is 6.04 Å². The lowest BCUT2D eigenvalue weighted by atomic mass is 9.95. The van der Waals surface area contributed by atoms with Gasteiger partial charge < -0.3 is 19.5 Å². The van der Waals surface area contributed by atoms with Crippen molar-refractivity contribution < 1.29 is 28.6 Å². The van der Waals surface area contributed by atoms with Crippen LogP contribution in [-0.2, 0) is 14.3 Å². The Bertz CT molecular complexity index is 1260. The average Bonchev–Trinajstić information content (AvgIpc) is 3.22. The van der Waals surface area contributed by atoms with Crippen molar-refractivity contribution in [3.05, 3.63) is 59.2 Å². The van der Waals surface area contributed by atoms with E-state index >= 15 is 0 Å². The number of ether oxygens (including phenoxy) is 3. The summed E-state index contributed by atoms with van der Waals surface area (Å²) in [5.74, 6) is 0.107. The maximum absolute atomic E-state index is 13.2. The van der Waals surface area contributed by atoms with Gasteiger partial charge in [0.05, 0.1) is 35.7 Å². The van der Waals surface area contributed by atoms with Gasteiger partial charge in [0.15, 0.2) is 18.1 Å². The lowest BCUT2D eigenvalue weighted by molar-refractivity contribution is -0.124. The molecule has 2 aliphatic rings. The lowest BCUT2D eigenvalue weighted by Gasteiger charge is -2.22. The van der Waals surface area contributed by atoms with Crippen LogP contribution in [0.5, 0.6) is 11.5 Å². The van der Waals surface area contributed by atoms with Crippen LogP contribution in [0.1, 0.15) is 68.8 Å². The Morgan fingerprint density at radius 2 is 1.74 bits per heavy atom. The van der Waals surface area contributed by atoms with Crippen LogP contribution in [0.15, 0.2) is 53.1 Å². The highest BCUT2D eigenvalue weighted by molar-refractivity contribution is 6.32. The fourth-order valence-electron chi connectivity index (χ4n) is 4.64. The summed E-state index contributed by atoms with van der Waals surface area (Å²) >= 11 is 0. The Labute approximate surface area is 228 Å². The molecule has 0 unspecified atom stereocenters. The quantitative estimate of drug-likeness (QED) is 0.344. The van der Waals surface area contributed by atoms with E-state index < -0.39 is 5.97 Å². The number of hydrazone groups is 1. The predicted molar refractivity (Wildman–Crippen MR) is 149 cm³/mol. The van der Waals surface area contributed by atoms with Crippen LogP contribution >= 0.6 is 0 Å². The van der Waals surface area contributed by atoms with Crippen molar-refractivity contribution in [2.45, 2.75) is 58.9 Å². The molecule has 2 aromatic carbocycles. The minimum Gasteiger partial charge on any atom is -0.490 e. The van der Waals surface area contributed by atoms with Gasteiger partial charge in [0.2, 0.25) is 0 Å². The van der Waals surface area contributed by atoms with Crippen molar-refractivity contribution in [1.29, 1.82) is 0 Å². The molecule has 1 heterocycles. The van der Waals surface area contributed by atoms with Crippen LogP contribution in [0.2, 0.25) is 0 Å². The molecule has 2 aromatic rings. The number of nitrogens with one attached hydrogen (secondary N) is 1. The molecule has 0 saturated heterocycles. The SMILES string of the molecule is CCOC(=O)c1ccc(N2N=C(C)C(=Cc3ccc(OCC(=O)NC4CCCCC4)c(OCC)c3)C2=O)cc1. The van der Waals surface area contributed by atoms with Gasteiger partial charge in [0.25, 0.3) is 11.8 Å². The molecule has 0 radical (unpaired) electrons. The zero-order chi connectivity index (χ0) is 27.8. The Morgan fingerprint density at radius 3 is 2.44 bits per heavy atom. The van der Waals surface area contributed by atoms with Crippen LogP contribution in [-0.4, -0.2) is 49.4 Å². The third-order valence-electron chi connectivity index (χ3n) is 6.59. The number of nitrogens with zero attached hydrogens (tertiary/aromatic N) is 2. The summed E-state index contributed by atoms with van der Waals surface area (Å²) in [4.78, 5) is 37.5. The molecular weight excluding hydrogens is 498 g/mol. The zero-order valence-electron chi connectivity index (χ0n) is 22.7. The number of amides is 2. The second-order valence-corrected chi connectivity index (χ2v) is 9.46. The minimum absolute atomic E-state index is 0.0921. The predicted octanol–water partition coefficient (Wildman–Crippen LogP) is 4.90. The molecule has 1 saturated carbocycles. The van der Waals surface area contributed by atoms with E-state index in [9.17, 15) is 14.4 Å². The van der Waals surface area contributed by atoms with Crippen LogP contribution in [0, 0.1) is 0 Å². The number of carbonyl (C=O) groups excluding carboxylic acids is 3. The van der Waals surface area contributed by atoms with E-state index in [-0.39, 0.29) is 31.1 Å². The summed E-state index contributed by atoms with van der Waals surface area (Å²) in [5, 5.41) is 8.77. The van der Waals surface area contributed by atoms with E-state index in [2.05, 4.69) is 10.4 Å². The van der Waals surface area contributed by atoms with Gasteiger partial charge in [-0.2, -0.15) is 10.1 Å². The summed E-state index contributed by atoms with van der Waals surface area (Å²) in [6, 6.07) is 12.1. The molecule has 9 heteroatoms. The van der Waals surface area contributed by atoms with Gasteiger partial charge in [-0.3, -0.25) is 9.59 Å². The molecular formula is C30H35N3O6. The van der Waals surface area contributed by atoms with Crippen molar-refractivity contribution in [3.8, 4) is 11.5 Å². The van der Waals surface area contributed by atoms with Crippen LogP contribution in [0.25, 0.3) is 6.08 Å². The van der Waals surface area contributed by atoms with Crippen molar-refractivity contribution in [3.63, 3.8) is 0 Å². The average molecular weight is 534 g/mol. The lowest BCUT2D eigenvalue weighted by Crippen LogP contribution is -2.39. The standard InChI is InChI=1S/C30H35N3O6/c1-4-37-27-18-21(11-16-26(27)39-19-28(34)31-23-9-7-6-8-10-23)17-25-20(3)32-33(29(25)35)24-14-12-22(13-15-24)30(36)38-5-2/h11-18,23H,4-10,19H2,1-3H3,(H,31,34). The third-order valence-corrected chi connectivity index (χ3v) is 6.59. The van der Waals surface area contributed by atoms with Gasteiger partial charge in [-0.1, -0.05) is 25.3 Å². The maximum atomic E-state index is 13.2. The number of esters is 1. The molecule has 0 aromatic heterocycles. The fourth-order valence-corrected chi connectivity index (χ4v) is 4.64. The highest BCUT2D eigenvalue weighted by Gasteiger charge is 2.29. The van der Waals surface area contributed by atoms with Crippen molar-refractivity contribution >= 4 is 35.3 Å². The number of benzene rings is 2. The minimum atomic E-state index is -0.417. The summed E-state index contributed by atoms with van der Waals surface area (Å²) in [5.41, 5.74) is 2.68. The first-order chi connectivity index (χ1) is 18.9. The van der Waals surface area contributed by atoms with Gasteiger partial charge in [-0.05, 0) is 81.7 Å². The van der Waals surface area contributed by atoms with E-state index in [4.69, 9.17) is 14.2 Å². The van der Waals surface area contributed by atoms with Crippen molar-refractivity contribution in [1.82, 2.24) is 5.32 Å². The molecule has 0 bridgehead atoms. The number of carbonyl (C=O) groups is 3. The number of rotatable bonds is 10. The first-order valence-corrected chi connectivity index (χ1v) is 13.5. The molecule has 2 amide bonds. The largest absolute Gasteiger partial charge is 0.490 e. The smallest absolute Gasteiger partial charge is 0.338 e. The van der Waals surface area contributed by atoms with Gasteiger partial charge in [0.1, 0.15) is 0 Å². The van der Waals surface area contributed by atoms with Crippen molar-refractivity contribution in [2.24, 2.45) is 5.10 Å². The summed E-state index contributed by atoms with van der Waals surface area (Å²) in [6.07, 6.45) is 7.28. The number of hydrogen-bond donors (Lipinski definition) is 1. The molecule has 1 aliphatic heterocycles. The Balaban J connectivity index is 1.44. The molecule has 9 nitrogen and oxygen atoms in total. The molecule has 1 aliphatic carbocycles. The summed E-state index contributed by atoms with van der Waals surface area (Å²) < 4.78 is 16.6. The first kappa shape index (κ1) is 27.9. The van der Waals surface area contributed by atoms with E-state index in [1.54, 1.807) is 62.4 Å². The third kappa shape index (κ3) is 7.04. The molecule has 39 heavy (non-hydrogen) atoms. The molecule has 206 valence electrons. The van der Waals surface area contributed by atoms with Crippen LogP contribution in [0.4, 0.5) is 5.69 Å². The topological polar surface area (TPSA) is 107 Å². The molecule has 1 fully saturated rings. The fraction of sp³-hybridized carbons (Fsp3) is 0.400. The second-order valence-electron chi connectivity index (χ2n) is 9.46. The normalized spacial score (nSPS) is 16.7. The number of anilines is 1.